The molecule has 0 radical (unpaired) electrons. The van der Waals surface area contributed by atoms with E-state index < -0.39 is 217 Å². The van der Waals surface area contributed by atoms with Crippen LogP contribution in [0.3, 0.4) is 0 Å². The highest BCUT2D eigenvalue weighted by Gasteiger charge is 2.39. The van der Waals surface area contributed by atoms with Crippen LogP contribution in [0.2, 0.25) is 0 Å². The average Bonchev–Trinajstić information content (AvgIpc) is 0.966. The molecule has 107 heavy (non-hydrogen) atoms. The molecule has 27 N–H and O–H groups in total. The molecule has 0 aromatic heterocycles. The van der Waals surface area contributed by atoms with Gasteiger partial charge in [0.25, 0.3) is 0 Å². The Hall–Kier alpha value is -9.82. The molecule has 0 heterocycles. The maximum atomic E-state index is 14.8. The normalized spacial score (nSPS) is 16.0. The minimum absolute atomic E-state index is 0.0160. The summed E-state index contributed by atoms with van der Waals surface area (Å²) in [5.41, 5.74) is 33.9. The number of carboxylic acid groups (broad SMARTS) is 3. The quantitative estimate of drug-likeness (QED) is 0.0156. The van der Waals surface area contributed by atoms with Crippen LogP contribution in [0.1, 0.15) is 203 Å². The van der Waals surface area contributed by atoms with Gasteiger partial charge in [0.05, 0.1) is 12.8 Å². The number of unbranched alkanes of at least 4 members (excludes halogenated alkanes) is 2. The highest BCUT2D eigenvalue weighted by atomic mass is 16.4. The molecule has 0 spiro atoms. The van der Waals surface area contributed by atoms with Crippen LogP contribution in [0.15, 0.2) is 4.99 Å². The van der Waals surface area contributed by atoms with E-state index in [4.69, 9.17) is 39.5 Å². The van der Waals surface area contributed by atoms with Crippen molar-refractivity contribution in [1.29, 1.82) is 0 Å². The predicted octanol–water partition coefficient (Wildman–Crippen LogP) is -4.17. The number of aliphatic carboxylic acids is 3. The van der Waals surface area contributed by atoms with Gasteiger partial charge < -0.3 is 114 Å². The molecule has 1 aliphatic rings. The van der Waals surface area contributed by atoms with Crippen molar-refractivity contribution in [1.82, 2.24) is 63.8 Å². The summed E-state index contributed by atoms with van der Waals surface area (Å²) in [5, 5.41) is 58.7. The van der Waals surface area contributed by atoms with Gasteiger partial charge in [0.1, 0.15) is 72.5 Å². The van der Waals surface area contributed by atoms with Gasteiger partial charge in [-0.25, -0.2) is 0 Å². The van der Waals surface area contributed by atoms with Crippen molar-refractivity contribution in [2.24, 2.45) is 63.1 Å². The fourth-order valence-electron chi connectivity index (χ4n) is 11.6. The van der Waals surface area contributed by atoms with Crippen LogP contribution in [-0.2, 0) is 81.5 Å². The van der Waals surface area contributed by atoms with E-state index in [1.54, 1.807) is 41.5 Å². The molecule has 606 valence electrons. The monoisotopic (exact) mass is 1520 g/mol. The average molecular weight is 1520 g/mol. The number of amides is 14. The van der Waals surface area contributed by atoms with Gasteiger partial charge in [-0.05, 0) is 121 Å². The van der Waals surface area contributed by atoms with Crippen molar-refractivity contribution in [2.75, 3.05) is 19.6 Å². The maximum absolute atomic E-state index is 14.8. The number of hydrogen-bond donors (Lipinski definition) is 21. The summed E-state index contributed by atoms with van der Waals surface area (Å²) < 4.78 is 0. The zero-order chi connectivity index (χ0) is 81.2. The number of carbonyl (C=O) groups is 17. The number of rotatable bonds is 54. The minimum atomic E-state index is -1.91. The Morgan fingerprint density at radius 1 is 0.402 bits per heavy atom. The van der Waals surface area contributed by atoms with Crippen LogP contribution < -0.4 is 98.2 Å². The van der Waals surface area contributed by atoms with Crippen LogP contribution in [0.5, 0.6) is 0 Å². The lowest BCUT2D eigenvalue weighted by Crippen LogP contribution is -2.61. The van der Waals surface area contributed by atoms with Gasteiger partial charge in [-0.15, -0.1) is 0 Å². The van der Waals surface area contributed by atoms with Gasteiger partial charge in [0.2, 0.25) is 82.7 Å². The number of primary amides is 2. The molecule has 1 rings (SSSR count). The second-order valence-corrected chi connectivity index (χ2v) is 27.6. The second-order valence-electron chi connectivity index (χ2n) is 27.6. The van der Waals surface area contributed by atoms with Gasteiger partial charge >= 0.3 is 17.9 Å². The lowest BCUT2D eigenvalue weighted by atomic mass is 9.84. The summed E-state index contributed by atoms with van der Waals surface area (Å²) in [5.74, 6) is -19.8. The third kappa shape index (κ3) is 38.3. The number of guanidine groups is 1. The van der Waals surface area contributed by atoms with Gasteiger partial charge in [-0.3, -0.25) is 86.5 Å². The lowest BCUT2D eigenvalue weighted by molar-refractivity contribution is -0.142. The maximum Gasteiger partial charge on any atom is 0.305 e. The van der Waals surface area contributed by atoms with Crippen molar-refractivity contribution < 1.29 is 96.8 Å². The molecule has 0 aliphatic heterocycles. The van der Waals surface area contributed by atoms with Crippen LogP contribution in [-0.4, -0.2) is 214 Å². The molecule has 0 aromatic carbocycles. The van der Waals surface area contributed by atoms with Gasteiger partial charge in [-0.1, -0.05) is 86.5 Å². The number of nitrogens with zero attached hydrogens (tertiary/aromatic N) is 1. The third-order valence-electron chi connectivity index (χ3n) is 18.0. The first-order valence-corrected chi connectivity index (χ1v) is 36.6. The zero-order valence-electron chi connectivity index (χ0n) is 62.8. The zero-order valence-corrected chi connectivity index (χ0v) is 62.8. The number of aliphatic imine (C=N–C) groups is 1. The molecule has 0 aromatic rings. The summed E-state index contributed by atoms with van der Waals surface area (Å²) in [7, 11) is 0. The van der Waals surface area contributed by atoms with Crippen molar-refractivity contribution in [3.63, 3.8) is 0 Å². The predicted molar refractivity (Wildman–Crippen MR) is 389 cm³/mol. The van der Waals surface area contributed by atoms with Gasteiger partial charge in [0, 0.05) is 26.3 Å². The molecule has 1 saturated carbocycles. The smallest absolute Gasteiger partial charge is 0.305 e. The molecular weight excluding hydrogens is 1400 g/mol. The Labute approximate surface area is 623 Å². The molecule has 39 nitrogen and oxygen atoms in total. The lowest BCUT2D eigenvalue weighted by Gasteiger charge is -2.31. The van der Waals surface area contributed by atoms with E-state index in [1.807, 2.05) is 0 Å². The van der Waals surface area contributed by atoms with Crippen molar-refractivity contribution >= 4 is 107 Å². The summed E-state index contributed by atoms with van der Waals surface area (Å²) in [6, 6.07) is -18.4. The third-order valence-corrected chi connectivity index (χ3v) is 18.0. The molecule has 14 atom stereocenters. The van der Waals surface area contributed by atoms with E-state index in [0.29, 0.717) is 32.1 Å². The topological polar surface area (TPSA) is 664 Å². The Morgan fingerprint density at radius 2 is 0.776 bits per heavy atom. The van der Waals surface area contributed by atoms with Crippen LogP contribution >= 0.6 is 0 Å². The van der Waals surface area contributed by atoms with E-state index in [-0.39, 0.29) is 102 Å². The largest absolute Gasteiger partial charge is 0.481 e. The fourth-order valence-corrected chi connectivity index (χ4v) is 11.6. The molecule has 1 fully saturated rings. The Morgan fingerprint density at radius 3 is 1.21 bits per heavy atom. The Bertz CT molecular complexity index is 3040. The number of hydrogen-bond acceptors (Lipinski definition) is 20. The van der Waals surface area contributed by atoms with Crippen LogP contribution in [0.25, 0.3) is 0 Å². The highest BCUT2D eigenvalue weighted by Crippen LogP contribution is 2.28. The van der Waals surface area contributed by atoms with Crippen LogP contribution in [0, 0.1) is 23.7 Å². The molecule has 14 amide bonds. The Kier molecular flexibility index (Phi) is 45.0. The molecule has 39 heteroatoms. The van der Waals surface area contributed by atoms with Crippen molar-refractivity contribution in [3.8, 4) is 0 Å². The summed E-state index contributed by atoms with van der Waals surface area (Å²) in [6.45, 7) is 12.7. The second kappa shape index (κ2) is 50.6. The SMILES string of the molecule is CC[C@H](C)[C@H](NC(=O)[C@@H](NC(=O)[C@H](CC(=O)O)NC(=O)[C@H](CC1CCCCC1)NC(=O)[C@H](CC(C)C)NC(=O)[C@H](CCCCN)NC(=O)[C@H](CCCN=C(N)N)NC(=O)[C@H](CC(N)=O)NC(=O)[C@H](CCCCN)NC(=O)[C@H](CCC(=O)O)NC(=O)[C@@H](C)NC(=O)[C@H](CCC(=O)O)NC(C)=O)[C@@H](C)CC)C(N)=O. The van der Waals surface area contributed by atoms with Crippen LogP contribution in [0.4, 0.5) is 0 Å². The van der Waals surface area contributed by atoms with E-state index in [1.165, 1.54) is 6.92 Å². The molecule has 1 aliphatic carbocycles. The summed E-state index contributed by atoms with van der Waals surface area (Å²) in [4.78, 5) is 232. The number of nitrogens with two attached hydrogens (primary N) is 6. The summed E-state index contributed by atoms with van der Waals surface area (Å²) >= 11 is 0. The highest BCUT2D eigenvalue weighted by molar-refractivity contribution is 6.01. The van der Waals surface area contributed by atoms with E-state index in [2.05, 4.69) is 68.8 Å². The van der Waals surface area contributed by atoms with E-state index in [9.17, 15) is 91.7 Å². The number of nitrogens with one attached hydrogen (secondary N) is 12. The first kappa shape index (κ1) is 95.2. The minimum Gasteiger partial charge on any atom is -0.481 e. The van der Waals surface area contributed by atoms with Gasteiger partial charge in [0.15, 0.2) is 5.96 Å². The van der Waals surface area contributed by atoms with Gasteiger partial charge in [-0.2, -0.15) is 0 Å². The molecule has 0 saturated heterocycles. The summed E-state index contributed by atoms with van der Waals surface area (Å²) in [6.07, 6.45) is 0.732. The molecule has 0 unspecified atom stereocenters. The first-order chi connectivity index (χ1) is 50.3. The van der Waals surface area contributed by atoms with E-state index in [0.717, 1.165) is 26.2 Å². The molecule has 0 bridgehead atoms. The fraction of sp³-hybridized carbons (Fsp3) is 0.735. The standard InChI is InChI=1S/C68H119N19O20/c1-9-36(5)54(56(72)96)86-67(107)55(37(6)10-2)87-66(106)49(34-53(94)95)85-64(104)47(32-40-19-12-11-13-20-40)83-63(103)46(31-35(3)4)82-60(100)41(21-14-16-28-69)79-59(99)43(23-18-30-75-68(73)74)81-65(105)48(33-50(71)89)84-61(101)42(22-15-17-29-70)80-62(102)45(25-27-52(92)93)78-57(97)38(7)76-58(98)44(77-39(8)88)24-26-51(90)91/h35-38,40-49,54-55H,9-34,69-70H2,1-8H3,(H2,71,89)(H2,72,96)(H,76,98)(H,77,88)(H,78,97)(H,79,99)(H,80,102)(H,81,105)(H,82,100)(H,83,103)(H,84,101)(H,85,104)(H,86,107)(H,87,106)(H,90,91)(H,92,93)(H,94,95)(H4,73,74,75)/t36-,37-,38+,41-,42-,43-,44-,45-,46-,47-,48-,49-,54-,55-/m0/s1. The Balaban J connectivity index is 3.81. The first-order valence-electron chi connectivity index (χ1n) is 36.6. The van der Waals surface area contributed by atoms with E-state index >= 15 is 0 Å². The number of carbonyl (C=O) groups excluding carboxylic acids is 14. The molecular formula is C68H119N19O20. The number of carboxylic acids is 3. The van der Waals surface area contributed by atoms with Crippen molar-refractivity contribution in [2.45, 2.75) is 276 Å². The van der Waals surface area contributed by atoms with Crippen molar-refractivity contribution in [3.05, 3.63) is 0 Å².